The second-order valence-corrected chi connectivity index (χ2v) is 7.30. The molecule has 3 rings (SSSR count). The molecule has 0 spiro atoms. The van der Waals surface area contributed by atoms with E-state index >= 15 is 0 Å². The molecule has 0 aromatic carbocycles. The Bertz CT molecular complexity index is 798. The Kier molecular flexibility index (Phi) is 5.56. The Morgan fingerprint density at radius 2 is 2.15 bits per heavy atom. The van der Waals surface area contributed by atoms with Crippen LogP contribution >= 0.6 is 0 Å². The molecule has 7 nitrogen and oxygen atoms in total. The van der Waals surface area contributed by atoms with Gasteiger partial charge in [-0.3, -0.25) is 14.0 Å². The molecular weight excluding hydrogens is 330 g/mol. The molecule has 0 bridgehead atoms. The Hall–Kier alpha value is -2.41. The lowest BCUT2D eigenvalue weighted by atomic mass is 10.00. The number of likely N-dealkylation sites (tertiary alicyclic amines) is 1. The lowest BCUT2D eigenvalue weighted by molar-refractivity contribution is 0.0679. The van der Waals surface area contributed by atoms with Crippen molar-refractivity contribution in [1.82, 2.24) is 24.5 Å². The van der Waals surface area contributed by atoms with Crippen molar-refractivity contribution < 1.29 is 9.59 Å². The molecule has 7 heteroatoms. The van der Waals surface area contributed by atoms with E-state index in [0.717, 1.165) is 32.5 Å². The fourth-order valence-corrected chi connectivity index (χ4v) is 3.35. The van der Waals surface area contributed by atoms with Crippen molar-refractivity contribution in [1.29, 1.82) is 0 Å². The quantitative estimate of drug-likeness (QED) is 0.880. The van der Waals surface area contributed by atoms with Gasteiger partial charge in [0.25, 0.3) is 11.8 Å². The minimum absolute atomic E-state index is 0.0902. The third-order valence-corrected chi connectivity index (χ3v) is 4.74. The number of carbonyl (C=O) groups excluding carboxylic acids is 2. The van der Waals surface area contributed by atoms with Crippen LogP contribution in [-0.4, -0.2) is 71.3 Å². The number of hydrogen-bond acceptors (Lipinski definition) is 4. The molecule has 0 saturated carbocycles. The Morgan fingerprint density at radius 1 is 1.35 bits per heavy atom. The Labute approximate surface area is 154 Å². The first-order valence-corrected chi connectivity index (χ1v) is 9.16. The van der Waals surface area contributed by atoms with Crippen LogP contribution in [0.3, 0.4) is 0 Å². The van der Waals surface area contributed by atoms with Gasteiger partial charge in [-0.2, -0.15) is 0 Å². The molecule has 3 heterocycles. The highest BCUT2D eigenvalue weighted by Crippen LogP contribution is 2.20. The largest absolute Gasteiger partial charge is 0.348 e. The number of hydrogen-bond donors (Lipinski definition) is 1. The van der Waals surface area contributed by atoms with Gasteiger partial charge in [0.1, 0.15) is 0 Å². The minimum Gasteiger partial charge on any atom is -0.348 e. The molecule has 0 aliphatic carbocycles. The van der Waals surface area contributed by atoms with Crippen LogP contribution in [0.15, 0.2) is 24.4 Å². The highest BCUT2D eigenvalue weighted by atomic mass is 16.2. The van der Waals surface area contributed by atoms with Gasteiger partial charge in [-0.25, -0.2) is 4.98 Å². The van der Waals surface area contributed by atoms with E-state index in [9.17, 15) is 9.59 Å². The lowest BCUT2D eigenvalue weighted by Crippen LogP contribution is -2.39. The van der Waals surface area contributed by atoms with E-state index in [1.54, 1.807) is 10.6 Å². The lowest BCUT2D eigenvalue weighted by Gasteiger charge is -2.30. The van der Waals surface area contributed by atoms with Crippen molar-refractivity contribution in [2.75, 3.05) is 40.3 Å². The van der Waals surface area contributed by atoms with Crippen molar-refractivity contribution in [2.24, 2.45) is 5.92 Å². The fraction of sp³-hybridized carbons (Fsp3) is 0.526. The summed E-state index contributed by atoms with van der Waals surface area (Å²) in [7, 11) is 3.90. The van der Waals surface area contributed by atoms with E-state index in [1.807, 2.05) is 42.1 Å². The predicted octanol–water partition coefficient (Wildman–Crippen LogP) is 1.50. The maximum Gasteiger partial charge on any atom is 0.287 e. The van der Waals surface area contributed by atoms with Crippen LogP contribution in [0.5, 0.6) is 0 Å². The first-order chi connectivity index (χ1) is 12.5. The Balaban J connectivity index is 1.87. The van der Waals surface area contributed by atoms with Crippen molar-refractivity contribution in [3.8, 4) is 0 Å². The highest BCUT2D eigenvalue weighted by molar-refractivity contribution is 6.02. The summed E-state index contributed by atoms with van der Waals surface area (Å²) in [5.74, 6) is 0.398. The third-order valence-electron chi connectivity index (χ3n) is 4.74. The van der Waals surface area contributed by atoms with E-state index in [1.165, 1.54) is 0 Å². The average molecular weight is 357 g/mol. The normalized spacial score (nSPS) is 17.7. The molecule has 1 aliphatic heterocycles. The van der Waals surface area contributed by atoms with E-state index in [2.05, 4.69) is 17.2 Å². The highest BCUT2D eigenvalue weighted by Gasteiger charge is 2.27. The molecule has 2 aromatic rings. The molecule has 1 N–H and O–H groups in total. The maximum atomic E-state index is 13.0. The summed E-state index contributed by atoms with van der Waals surface area (Å²) in [4.78, 5) is 33.9. The zero-order valence-corrected chi connectivity index (χ0v) is 15.7. The monoisotopic (exact) mass is 357 g/mol. The number of pyridine rings is 1. The van der Waals surface area contributed by atoms with Gasteiger partial charge in [-0.05, 0) is 45.0 Å². The van der Waals surface area contributed by atoms with Crippen molar-refractivity contribution in [3.05, 3.63) is 35.9 Å². The third kappa shape index (κ3) is 3.88. The molecule has 2 amide bonds. The van der Waals surface area contributed by atoms with Gasteiger partial charge >= 0.3 is 0 Å². The van der Waals surface area contributed by atoms with E-state index < -0.39 is 0 Å². The molecule has 1 aliphatic rings. The summed E-state index contributed by atoms with van der Waals surface area (Å²) in [6.45, 7) is 4.93. The molecule has 1 unspecified atom stereocenters. The molecule has 2 aromatic heterocycles. The van der Waals surface area contributed by atoms with Gasteiger partial charge < -0.3 is 15.1 Å². The van der Waals surface area contributed by atoms with Gasteiger partial charge in [-0.1, -0.05) is 13.0 Å². The zero-order chi connectivity index (χ0) is 18.7. The topological polar surface area (TPSA) is 70.0 Å². The second-order valence-electron chi connectivity index (χ2n) is 7.30. The van der Waals surface area contributed by atoms with E-state index in [4.69, 9.17) is 0 Å². The summed E-state index contributed by atoms with van der Waals surface area (Å²) in [5.41, 5.74) is 1.03. The maximum absolute atomic E-state index is 13.0. The number of likely N-dealkylation sites (N-methyl/N-ethyl adjacent to an activating group) is 1. The van der Waals surface area contributed by atoms with Crippen LogP contribution in [0.1, 0.15) is 40.9 Å². The van der Waals surface area contributed by atoms with Gasteiger partial charge in [0.15, 0.2) is 5.69 Å². The summed E-state index contributed by atoms with van der Waals surface area (Å²) in [5, 5.41) is 2.87. The van der Waals surface area contributed by atoms with Crippen molar-refractivity contribution in [2.45, 2.75) is 19.8 Å². The van der Waals surface area contributed by atoms with Crippen molar-refractivity contribution >= 4 is 17.3 Å². The number of fused-ring (bicyclic) bond motifs is 1. The van der Waals surface area contributed by atoms with Gasteiger partial charge in [0.05, 0.1) is 5.52 Å². The van der Waals surface area contributed by atoms with Crippen molar-refractivity contribution in [3.63, 3.8) is 0 Å². The number of nitrogens with one attached hydrogen (secondary N) is 1. The number of imidazole rings is 1. The second kappa shape index (κ2) is 7.86. The van der Waals surface area contributed by atoms with Gasteiger partial charge in [0.2, 0.25) is 5.82 Å². The average Bonchev–Trinajstić information content (AvgIpc) is 3.00. The van der Waals surface area contributed by atoms with Crippen LogP contribution in [0.2, 0.25) is 0 Å². The predicted molar refractivity (Wildman–Crippen MR) is 100 cm³/mol. The van der Waals surface area contributed by atoms with Gasteiger partial charge in [-0.15, -0.1) is 0 Å². The summed E-state index contributed by atoms with van der Waals surface area (Å²) < 4.78 is 1.70. The van der Waals surface area contributed by atoms with E-state index in [-0.39, 0.29) is 17.6 Å². The number of rotatable bonds is 5. The summed E-state index contributed by atoms with van der Waals surface area (Å²) in [6, 6.07) is 5.53. The standard InChI is InChI=1S/C19H27N5O2/c1-14-7-6-10-23(13-14)19(26)16-15-8-4-5-11-24(15)17(21-16)18(25)20-9-12-22(2)3/h4-5,8,11,14H,6-7,9-10,12-13H2,1-3H3,(H,20,25). The summed E-state index contributed by atoms with van der Waals surface area (Å²) >= 11 is 0. The molecular formula is C19H27N5O2. The van der Waals surface area contributed by atoms with Crippen LogP contribution in [-0.2, 0) is 0 Å². The molecule has 140 valence electrons. The number of nitrogens with zero attached hydrogens (tertiary/aromatic N) is 4. The number of aromatic nitrogens is 2. The number of amides is 2. The molecule has 1 fully saturated rings. The van der Waals surface area contributed by atoms with Crippen LogP contribution in [0.4, 0.5) is 0 Å². The molecule has 1 atom stereocenters. The molecule has 0 radical (unpaired) electrons. The SMILES string of the molecule is CC1CCCN(C(=O)c2nc(C(=O)NCCN(C)C)n3ccccc23)C1. The number of carbonyl (C=O) groups is 2. The van der Waals surface area contributed by atoms with Crippen LogP contribution in [0, 0.1) is 5.92 Å². The molecule has 1 saturated heterocycles. The first kappa shape index (κ1) is 18.4. The fourth-order valence-electron chi connectivity index (χ4n) is 3.35. The van der Waals surface area contributed by atoms with Gasteiger partial charge in [0, 0.05) is 32.4 Å². The summed E-state index contributed by atoms with van der Waals surface area (Å²) in [6.07, 6.45) is 3.93. The number of piperidine rings is 1. The Morgan fingerprint density at radius 3 is 2.88 bits per heavy atom. The smallest absolute Gasteiger partial charge is 0.287 e. The minimum atomic E-state index is -0.265. The van der Waals surface area contributed by atoms with E-state index in [0.29, 0.717) is 23.7 Å². The van der Waals surface area contributed by atoms with Crippen LogP contribution in [0.25, 0.3) is 5.52 Å². The zero-order valence-electron chi connectivity index (χ0n) is 15.7. The first-order valence-electron chi connectivity index (χ1n) is 9.16. The molecule has 26 heavy (non-hydrogen) atoms. The van der Waals surface area contributed by atoms with Crippen LogP contribution < -0.4 is 5.32 Å².